The third kappa shape index (κ3) is 2.79. The Morgan fingerprint density at radius 1 is 1.13 bits per heavy atom. The summed E-state index contributed by atoms with van der Waals surface area (Å²) >= 11 is 0. The zero-order valence-corrected chi connectivity index (χ0v) is 13.2. The smallest absolute Gasteiger partial charge is 0.317 e. The number of esters is 3. The predicted molar refractivity (Wildman–Crippen MR) is 77.8 cm³/mol. The van der Waals surface area contributed by atoms with Crippen LogP contribution < -0.4 is 0 Å². The summed E-state index contributed by atoms with van der Waals surface area (Å²) in [5, 5.41) is 0. The molecule has 23 heavy (non-hydrogen) atoms. The standard InChI is InChI=1S/C17H22O6/c1-22-17(21)14-10(8-18)3-2-4-11(14)9-5-6-12-13(7-9)16(20)23-15(12)19/h8-14H,2-7H2,1H3. The number of ether oxygens (including phenoxy) is 2. The first kappa shape index (κ1) is 16.1. The quantitative estimate of drug-likeness (QED) is 0.445. The van der Waals surface area contributed by atoms with Gasteiger partial charge in [-0.05, 0) is 43.9 Å². The normalized spacial score (nSPS) is 40.2. The molecule has 1 saturated heterocycles. The van der Waals surface area contributed by atoms with E-state index in [1.807, 2.05) is 0 Å². The summed E-state index contributed by atoms with van der Waals surface area (Å²) in [5.74, 6) is -2.41. The Bertz CT molecular complexity index is 527. The molecule has 0 radical (unpaired) electrons. The first-order chi connectivity index (χ1) is 11.1. The second-order valence-corrected chi connectivity index (χ2v) is 6.97. The van der Waals surface area contributed by atoms with Crippen LogP contribution in [0.25, 0.3) is 0 Å². The molecular weight excluding hydrogens is 300 g/mol. The highest BCUT2D eigenvalue weighted by Crippen LogP contribution is 2.48. The van der Waals surface area contributed by atoms with Crippen molar-refractivity contribution in [2.24, 2.45) is 35.5 Å². The second kappa shape index (κ2) is 6.42. The average Bonchev–Trinajstić information content (AvgIpc) is 2.87. The fraction of sp³-hybridized carbons (Fsp3) is 0.765. The van der Waals surface area contributed by atoms with Crippen molar-refractivity contribution in [1.29, 1.82) is 0 Å². The maximum Gasteiger partial charge on any atom is 0.317 e. The highest BCUT2D eigenvalue weighted by molar-refractivity contribution is 5.96. The van der Waals surface area contributed by atoms with E-state index in [9.17, 15) is 19.2 Å². The molecule has 6 heteroatoms. The fourth-order valence-electron chi connectivity index (χ4n) is 4.82. The summed E-state index contributed by atoms with van der Waals surface area (Å²) in [6.45, 7) is 0. The summed E-state index contributed by atoms with van der Waals surface area (Å²) in [4.78, 5) is 47.1. The largest absolute Gasteiger partial charge is 0.469 e. The van der Waals surface area contributed by atoms with Gasteiger partial charge in [-0.3, -0.25) is 14.4 Å². The number of hydrogen-bond acceptors (Lipinski definition) is 6. The molecule has 0 aromatic carbocycles. The molecule has 0 aromatic heterocycles. The monoisotopic (exact) mass is 322 g/mol. The van der Waals surface area contributed by atoms with Crippen molar-refractivity contribution in [2.75, 3.05) is 7.11 Å². The molecule has 0 spiro atoms. The van der Waals surface area contributed by atoms with Crippen LogP contribution in [-0.4, -0.2) is 31.3 Å². The number of methoxy groups -OCH3 is 1. The molecule has 1 heterocycles. The van der Waals surface area contributed by atoms with Crippen LogP contribution in [-0.2, 0) is 28.7 Å². The van der Waals surface area contributed by atoms with Gasteiger partial charge >= 0.3 is 17.9 Å². The molecule has 6 nitrogen and oxygen atoms in total. The second-order valence-electron chi connectivity index (χ2n) is 6.97. The molecule has 0 amide bonds. The van der Waals surface area contributed by atoms with E-state index < -0.39 is 17.9 Å². The minimum atomic E-state index is -0.430. The number of aldehydes is 1. The Kier molecular flexibility index (Phi) is 4.50. The zero-order chi connectivity index (χ0) is 16.6. The third-order valence-corrected chi connectivity index (χ3v) is 5.95. The van der Waals surface area contributed by atoms with Gasteiger partial charge < -0.3 is 14.3 Å². The van der Waals surface area contributed by atoms with Crippen molar-refractivity contribution in [2.45, 2.75) is 38.5 Å². The lowest BCUT2D eigenvalue weighted by Crippen LogP contribution is -2.42. The van der Waals surface area contributed by atoms with Gasteiger partial charge in [0.1, 0.15) is 6.29 Å². The van der Waals surface area contributed by atoms with E-state index in [1.165, 1.54) is 7.11 Å². The summed E-state index contributed by atoms with van der Waals surface area (Å²) in [6.07, 6.45) is 5.30. The molecule has 0 bridgehead atoms. The van der Waals surface area contributed by atoms with Crippen LogP contribution in [0.1, 0.15) is 38.5 Å². The SMILES string of the molecule is COC(=O)C1C(C=O)CCCC1C1CCC2C(=O)OC(=O)C2C1. The van der Waals surface area contributed by atoms with Gasteiger partial charge in [0, 0.05) is 5.92 Å². The molecule has 3 rings (SSSR count). The van der Waals surface area contributed by atoms with Crippen molar-refractivity contribution in [1.82, 2.24) is 0 Å². The van der Waals surface area contributed by atoms with Gasteiger partial charge in [-0.2, -0.15) is 0 Å². The maximum absolute atomic E-state index is 12.2. The summed E-state index contributed by atoms with van der Waals surface area (Å²) in [7, 11) is 1.35. The van der Waals surface area contributed by atoms with Gasteiger partial charge in [0.25, 0.3) is 0 Å². The highest BCUT2D eigenvalue weighted by atomic mass is 16.6. The van der Waals surface area contributed by atoms with Crippen molar-refractivity contribution in [3.05, 3.63) is 0 Å². The molecule has 0 N–H and O–H groups in total. The number of cyclic esters (lactones) is 2. The maximum atomic E-state index is 12.2. The van der Waals surface area contributed by atoms with Gasteiger partial charge in [0.05, 0.1) is 24.9 Å². The summed E-state index contributed by atoms with van der Waals surface area (Å²) < 4.78 is 9.68. The first-order valence-electron chi connectivity index (χ1n) is 8.35. The Labute approximate surface area is 134 Å². The van der Waals surface area contributed by atoms with E-state index in [4.69, 9.17) is 9.47 Å². The van der Waals surface area contributed by atoms with Crippen molar-refractivity contribution in [3.63, 3.8) is 0 Å². The molecule has 6 unspecified atom stereocenters. The minimum Gasteiger partial charge on any atom is -0.469 e. The Morgan fingerprint density at radius 3 is 2.57 bits per heavy atom. The fourth-order valence-corrected chi connectivity index (χ4v) is 4.82. The van der Waals surface area contributed by atoms with E-state index in [2.05, 4.69) is 0 Å². The average molecular weight is 322 g/mol. The summed E-state index contributed by atoms with van der Waals surface area (Å²) in [5.41, 5.74) is 0. The van der Waals surface area contributed by atoms with Crippen molar-refractivity contribution < 1.29 is 28.7 Å². The van der Waals surface area contributed by atoms with Gasteiger partial charge in [0.2, 0.25) is 0 Å². The molecule has 2 saturated carbocycles. The van der Waals surface area contributed by atoms with Gasteiger partial charge in [-0.15, -0.1) is 0 Å². The summed E-state index contributed by atoms with van der Waals surface area (Å²) in [6, 6.07) is 0. The van der Waals surface area contributed by atoms with E-state index in [-0.39, 0.29) is 35.6 Å². The Balaban J connectivity index is 1.79. The number of hydrogen-bond donors (Lipinski definition) is 0. The predicted octanol–water partition coefficient (Wildman–Crippen LogP) is 1.51. The third-order valence-electron chi connectivity index (χ3n) is 5.95. The van der Waals surface area contributed by atoms with Crippen LogP contribution in [0.3, 0.4) is 0 Å². The topological polar surface area (TPSA) is 86.7 Å². The zero-order valence-electron chi connectivity index (χ0n) is 13.2. The van der Waals surface area contributed by atoms with E-state index in [0.717, 1.165) is 25.5 Å². The molecule has 6 atom stereocenters. The molecule has 2 aliphatic carbocycles. The number of carbonyl (C=O) groups excluding carboxylic acids is 4. The number of rotatable bonds is 3. The number of fused-ring (bicyclic) bond motifs is 1. The van der Waals surface area contributed by atoms with Crippen molar-refractivity contribution in [3.8, 4) is 0 Å². The van der Waals surface area contributed by atoms with Gasteiger partial charge in [-0.25, -0.2) is 0 Å². The van der Waals surface area contributed by atoms with Crippen molar-refractivity contribution >= 4 is 24.2 Å². The Hall–Kier alpha value is -1.72. The molecule has 1 aliphatic heterocycles. The molecular formula is C17H22O6. The lowest BCUT2D eigenvalue weighted by atomic mass is 9.61. The van der Waals surface area contributed by atoms with E-state index >= 15 is 0 Å². The lowest BCUT2D eigenvalue weighted by molar-refractivity contribution is -0.155. The molecule has 3 aliphatic rings. The molecule has 3 fully saturated rings. The van der Waals surface area contributed by atoms with E-state index in [1.54, 1.807) is 0 Å². The first-order valence-corrected chi connectivity index (χ1v) is 8.35. The van der Waals surface area contributed by atoms with Gasteiger partial charge in [-0.1, -0.05) is 6.42 Å². The van der Waals surface area contributed by atoms with Gasteiger partial charge in [0.15, 0.2) is 0 Å². The Morgan fingerprint density at radius 2 is 1.87 bits per heavy atom. The highest BCUT2D eigenvalue weighted by Gasteiger charge is 2.51. The minimum absolute atomic E-state index is 0.0378. The molecule has 0 aromatic rings. The van der Waals surface area contributed by atoms with Crippen LogP contribution in [0.15, 0.2) is 0 Å². The van der Waals surface area contributed by atoms with Crippen LogP contribution in [0.5, 0.6) is 0 Å². The van der Waals surface area contributed by atoms with Crippen LogP contribution in [0.4, 0.5) is 0 Å². The van der Waals surface area contributed by atoms with Crippen LogP contribution in [0, 0.1) is 35.5 Å². The number of carbonyl (C=O) groups is 4. The molecule has 126 valence electrons. The lowest BCUT2D eigenvalue weighted by Gasteiger charge is -2.41. The van der Waals surface area contributed by atoms with Crippen LogP contribution in [0.2, 0.25) is 0 Å². The van der Waals surface area contributed by atoms with Crippen LogP contribution >= 0.6 is 0 Å². The van der Waals surface area contributed by atoms with E-state index in [0.29, 0.717) is 19.3 Å².